The number of amides is 3. The van der Waals surface area contributed by atoms with Crippen molar-refractivity contribution in [3.8, 4) is 0 Å². The molecule has 7 rings (SSSR count). The standard InChI is InChI=1S/C35H34F3N5O5/c1-19-23(29-25(36)5-6-26(37)30(29)38)14-27-33(45)43(19)7-9-48-11-10-47-8-3-2-4-20-12-24-31(40-17-20)42-34(46)35(24)15-21-13-22(32(44)41-27)18-39-28(21)16-35/h2,4-6,12-13,17-19,23,27H,3,7-11,14-16H2,1H3,(H,41,44)(H,40,42,46)/b4-2+/t19?,23?,27?,35-/m0/s1. The Labute approximate surface area is 274 Å². The van der Waals surface area contributed by atoms with Crippen LogP contribution in [0.4, 0.5) is 19.0 Å². The van der Waals surface area contributed by atoms with Gasteiger partial charge < -0.3 is 25.0 Å². The number of ether oxygens (including phenoxy) is 2. The Morgan fingerprint density at radius 1 is 0.958 bits per heavy atom. The highest BCUT2D eigenvalue weighted by atomic mass is 19.2. The number of rotatable bonds is 1. The van der Waals surface area contributed by atoms with Gasteiger partial charge in [-0.2, -0.15) is 0 Å². The van der Waals surface area contributed by atoms with Crippen molar-refractivity contribution in [1.29, 1.82) is 0 Å². The lowest BCUT2D eigenvalue weighted by atomic mass is 9.79. The van der Waals surface area contributed by atoms with Gasteiger partial charge >= 0.3 is 0 Å². The fraction of sp³-hybridized carbons (Fsp3) is 0.400. The molecule has 10 nitrogen and oxygen atoms in total. The number of hydrogen-bond acceptors (Lipinski definition) is 7. The predicted octanol–water partition coefficient (Wildman–Crippen LogP) is 3.84. The van der Waals surface area contributed by atoms with Gasteiger partial charge in [-0.1, -0.05) is 12.2 Å². The number of hydrogen-bond donors (Lipinski definition) is 2. The predicted molar refractivity (Wildman–Crippen MR) is 168 cm³/mol. The summed E-state index contributed by atoms with van der Waals surface area (Å²) in [6.07, 6.45) is 8.09. The van der Waals surface area contributed by atoms with E-state index in [9.17, 15) is 18.8 Å². The molecular weight excluding hydrogens is 627 g/mol. The number of carbonyl (C=O) groups is 3. The monoisotopic (exact) mass is 661 g/mol. The summed E-state index contributed by atoms with van der Waals surface area (Å²) in [5, 5.41) is 5.63. The molecule has 4 atom stereocenters. The lowest BCUT2D eigenvalue weighted by molar-refractivity contribution is -0.140. The minimum Gasteiger partial charge on any atom is -0.379 e. The second-order valence-corrected chi connectivity index (χ2v) is 12.7. The van der Waals surface area contributed by atoms with E-state index in [1.54, 1.807) is 19.2 Å². The number of pyridine rings is 2. The lowest BCUT2D eigenvalue weighted by Crippen LogP contribution is -2.58. The first-order valence-electron chi connectivity index (χ1n) is 16.0. The fourth-order valence-electron chi connectivity index (χ4n) is 7.33. The first-order valence-corrected chi connectivity index (χ1v) is 16.0. The Hall–Kier alpha value is -4.62. The summed E-state index contributed by atoms with van der Waals surface area (Å²) in [5.74, 6) is -5.20. The topological polar surface area (TPSA) is 123 Å². The van der Waals surface area contributed by atoms with Crippen LogP contribution in [0.15, 0.2) is 42.7 Å². The van der Waals surface area contributed by atoms with Crippen LogP contribution in [0.5, 0.6) is 0 Å². The minimum absolute atomic E-state index is 0.0726. The van der Waals surface area contributed by atoms with Gasteiger partial charge in [-0.3, -0.25) is 19.4 Å². The van der Waals surface area contributed by atoms with Crippen molar-refractivity contribution in [2.75, 3.05) is 38.3 Å². The molecule has 7 bridgehead atoms. The molecule has 3 aliphatic heterocycles. The first kappa shape index (κ1) is 32.0. The SMILES string of the molecule is CC1C(c2c(F)ccc(F)c2F)CC2NC(=O)c3cnc4c(c3)C[C@@]3(C4)C(=O)Nc4ncc(cc43)/C=C/CCOCCOCCN1C2=O. The van der Waals surface area contributed by atoms with Crippen molar-refractivity contribution in [3.63, 3.8) is 0 Å². The van der Waals surface area contributed by atoms with Gasteiger partial charge in [-0.25, -0.2) is 18.2 Å². The summed E-state index contributed by atoms with van der Waals surface area (Å²) in [4.78, 5) is 51.2. The van der Waals surface area contributed by atoms with Gasteiger partial charge in [0.1, 0.15) is 17.7 Å². The molecule has 1 fully saturated rings. The van der Waals surface area contributed by atoms with Crippen LogP contribution in [-0.4, -0.2) is 77.6 Å². The molecule has 1 spiro atoms. The van der Waals surface area contributed by atoms with Crippen LogP contribution < -0.4 is 10.6 Å². The van der Waals surface area contributed by atoms with Crippen molar-refractivity contribution >= 4 is 29.6 Å². The quantitative estimate of drug-likeness (QED) is 0.380. The van der Waals surface area contributed by atoms with Crippen molar-refractivity contribution in [3.05, 3.63) is 93.7 Å². The van der Waals surface area contributed by atoms with Gasteiger partial charge in [0.25, 0.3) is 5.91 Å². The molecule has 1 aromatic carbocycles. The smallest absolute Gasteiger partial charge is 0.253 e. The van der Waals surface area contributed by atoms with Crippen LogP contribution in [-0.2, 0) is 37.3 Å². The zero-order valence-electron chi connectivity index (χ0n) is 26.2. The second kappa shape index (κ2) is 12.8. The first-order chi connectivity index (χ1) is 23.2. The summed E-state index contributed by atoms with van der Waals surface area (Å²) < 4.78 is 55.8. The van der Waals surface area contributed by atoms with Gasteiger partial charge in [0, 0.05) is 54.1 Å². The van der Waals surface area contributed by atoms with Gasteiger partial charge in [0.15, 0.2) is 11.6 Å². The van der Waals surface area contributed by atoms with E-state index in [4.69, 9.17) is 9.47 Å². The maximum atomic E-state index is 15.1. The summed E-state index contributed by atoms with van der Waals surface area (Å²) in [5.41, 5.74) is 1.74. The van der Waals surface area contributed by atoms with Crippen LogP contribution >= 0.6 is 0 Å². The van der Waals surface area contributed by atoms with Crippen molar-refractivity contribution in [1.82, 2.24) is 20.2 Å². The highest BCUT2D eigenvalue weighted by Gasteiger charge is 2.52. The van der Waals surface area contributed by atoms with E-state index in [1.165, 1.54) is 11.1 Å². The van der Waals surface area contributed by atoms with Crippen molar-refractivity contribution < 1.29 is 37.0 Å². The Bertz CT molecular complexity index is 1840. The third-order valence-electron chi connectivity index (χ3n) is 9.86. The molecule has 1 aliphatic carbocycles. The molecule has 4 aliphatic rings. The molecule has 48 heavy (non-hydrogen) atoms. The Kier molecular flexibility index (Phi) is 8.50. The highest BCUT2D eigenvalue weighted by Crippen LogP contribution is 2.46. The number of nitrogens with zero attached hydrogens (tertiary/aromatic N) is 3. The van der Waals surface area contributed by atoms with Crippen LogP contribution in [0, 0.1) is 17.5 Å². The third-order valence-corrected chi connectivity index (χ3v) is 9.86. The molecule has 5 heterocycles. The molecule has 3 unspecified atom stereocenters. The van der Waals surface area contributed by atoms with Gasteiger partial charge in [0.05, 0.1) is 37.4 Å². The van der Waals surface area contributed by atoms with Crippen molar-refractivity contribution in [2.45, 2.75) is 56.0 Å². The van der Waals surface area contributed by atoms with Crippen LogP contribution in [0.2, 0.25) is 0 Å². The Balaban J connectivity index is 1.21. The fourth-order valence-corrected chi connectivity index (χ4v) is 7.33. The zero-order valence-corrected chi connectivity index (χ0v) is 26.2. The summed E-state index contributed by atoms with van der Waals surface area (Å²) in [6.45, 7) is 2.83. The van der Waals surface area contributed by atoms with Crippen LogP contribution in [0.1, 0.15) is 64.0 Å². The Morgan fingerprint density at radius 3 is 2.58 bits per heavy atom. The zero-order chi connectivity index (χ0) is 33.6. The molecule has 0 radical (unpaired) electrons. The molecular formula is C35H34F3N5O5. The minimum atomic E-state index is -1.32. The van der Waals surface area contributed by atoms with Gasteiger partial charge in [-0.15, -0.1) is 0 Å². The molecule has 2 aromatic heterocycles. The molecule has 1 saturated heterocycles. The number of piperidine rings is 1. The van der Waals surface area contributed by atoms with Crippen LogP contribution in [0.25, 0.3) is 6.08 Å². The van der Waals surface area contributed by atoms with Crippen molar-refractivity contribution in [2.24, 2.45) is 0 Å². The molecule has 2 N–H and O–H groups in total. The van der Waals surface area contributed by atoms with E-state index in [0.29, 0.717) is 49.6 Å². The maximum Gasteiger partial charge on any atom is 0.253 e. The van der Waals surface area contributed by atoms with Gasteiger partial charge in [-0.05, 0) is 61.6 Å². The molecule has 0 saturated carbocycles. The molecule has 3 aromatic rings. The number of benzene rings is 1. The van der Waals surface area contributed by atoms with Crippen LogP contribution in [0.3, 0.4) is 0 Å². The number of fused-ring (bicyclic) bond motifs is 4. The third kappa shape index (κ3) is 5.64. The molecule has 3 amide bonds. The number of aromatic nitrogens is 2. The normalized spacial score (nSPS) is 26.7. The summed E-state index contributed by atoms with van der Waals surface area (Å²) in [6, 6.07) is 3.28. The molecule has 13 heteroatoms. The molecule has 250 valence electrons. The number of nitrogens with one attached hydrogen (secondary N) is 2. The van der Waals surface area contributed by atoms with Gasteiger partial charge in [0.2, 0.25) is 11.8 Å². The number of halogens is 3. The summed E-state index contributed by atoms with van der Waals surface area (Å²) in [7, 11) is 0. The highest BCUT2D eigenvalue weighted by molar-refractivity contribution is 6.06. The lowest BCUT2D eigenvalue weighted by Gasteiger charge is -2.43. The van der Waals surface area contributed by atoms with E-state index in [1.807, 2.05) is 18.2 Å². The van der Waals surface area contributed by atoms with E-state index in [-0.39, 0.29) is 37.6 Å². The van der Waals surface area contributed by atoms with E-state index < -0.39 is 58.2 Å². The number of carbonyl (C=O) groups excluding carboxylic acids is 3. The Morgan fingerprint density at radius 2 is 1.75 bits per heavy atom. The van der Waals surface area contributed by atoms with E-state index in [2.05, 4.69) is 20.6 Å². The average Bonchev–Trinajstić information content (AvgIpc) is 3.59. The summed E-state index contributed by atoms with van der Waals surface area (Å²) >= 11 is 0. The van der Waals surface area contributed by atoms with E-state index >= 15 is 8.78 Å². The van der Waals surface area contributed by atoms with E-state index in [0.717, 1.165) is 23.3 Å². The second-order valence-electron chi connectivity index (χ2n) is 12.7. The largest absolute Gasteiger partial charge is 0.379 e. The maximum absolute atomic E-state index is 15.1. The number of anilines is 1. The average molecular weight is 662 g/mol.